The first-order valence-corrected chi connectivity index (χ1v) is 7.67. The number of ketones is 1. The van der Waals surface area contributed by atoms with Crippen LogP contribution in [-0.2, 0) is 0 Å². The van der Waals surface area contributed by atoms with Crippen molar-refractivity contribution >= 4 is 21.7 Å². The molecule has 0 aliphatic carbocycles. The molecule has 0 aromatic heterocycles. The Bertz CT molecular complexity index is 380. The van der Waals surface area contributed by atoms with E-state index in [9.17, 15) is 4.79 Å². The van der Waals surface area contributed by atoms with Gasteiger partial charge >= 0.3 is 0 Å². The van der Waals surface area contributed by atoms with E-state index in [0.717, 1.165) is 16.6 Å². The van der Waals surface area contributed by atoms with Crippen molar-refractivity contribution < 1.29 is 9.69 Å². The lowest BCUT2D eigenvalue weighted by Crippen LogP contribution is -3.11. The van der Waals surface area contributed by atoms with Crippen LogP contribution in [0.1, 0.15) is 42.5 Å². The number of carbonyl (C=O) groups excluding carboxylic acids is 1. The van der Waals surface area contributed by atoms with Gasteiger partial charge in [0, 0.05) is 10.0 Å². The molecule has 1 aromatic rings. The van der Waals surface area contributed by atoms with Crippen molar-refractivity contribution in [3.8, 4) is 0 Å². The van der Waals surface area contributed by atoms with Crippen LogP contribution < -0.4 is 4.90 Å². The lowest BCUT2D eigenvalue weighted by atomic mass is 10.1. The van der Waals surface area contributed by atoms with Crippen molar-refractivity contribution in [2.75, 3.05) is 19.6 Å². The molecule has 0 saturated carbocycles. The average Bonchev–Trinajstić information content (AvgIpc) is 2.65. The highest BCUT2D eigenvalue weighted by Crippen LogP contribution is 2.11. The molecule has 0 spiro atoms. The number of hydrogen-bond donors (Lipinski definition) is 1. The molecule has 1 aromatic carbocycles. The fourth-order valence-electron chi connectivity index (χ4n) is 2.55. The van der Waals surface area contributed by atoms with Gasteiger partial charge in [0.15, 0.2) is 5.78 Å². The molecule has 1 saturated heterocycles. The summed E-state index contributed by atoms with van der Waals surface area (Å²) in [6, 6.07) is 7.69. The Kier molecular flexibility index (Phi) is 5.39. The summed E-state index contributed by atoms with van der Waals surface area (Å²) in [6.07, 6.45) is 6.05. The largest absolute Gasteiger partial charge is 0.335 e. The Labute approximate surface area is 117 Å². The molecule has 0 atom stereocenters. The second-order valence-electron chi connectivity index (χ2n) is 5.09. The number of quaternary nitrogens is 1. The van der Waals surface area contributed by atoms with Crippen molar-refractivity contribution in [3.05, 3.63) is 34.3 Å². The van der Waals surface area contributed by atoms with Gasteiger partial charge in [-0.05, 0) is 37.8 Å². The maximum Gasteiger partial charge on any atom is 0.168 e. The molecule has 98 valence electrons. The standard InChI is InChI=1S/C15H20BrNO/c16-14-7-5-13(6-8-14)15(18)9-12-17-10-3-1-2-4-11-17/h5-8H,1-4,9-12H2/p+1. The topological polar surface area (TPSA) is 21.5 Å². The molecule has 1 heterocycles. The van der Waals surface area contributed by atoms with E-state index in [0.29, 0.717) is 6.42 Å². The van der Waals surface area contributed by atoms with Crippen LogP contribution >= 0.6 is 15.9 Å². The van der Waals surface area contributed by atoms with Crippen LogP contribution in [0.4, 0.5) is 0 Å². The van der Waals surface area contributed by atoms with E-state index in [1.807, 2.05) is 24.3 Å². The van der Waals surface area contributed by atoms with E-state index in [-0.39, 0.29) is 5.78 Å². The molecule has 1 aliphatic rings. The Morgan fingerprint density at radius 2 is 1.67 bits per heavy atom. The predicted octanol–water partition coefficient (Wildman–Crippen LogP) is 2.48. The molecule has 1 N–H and O–H groups in total. The van der Waals surface area contributed by atoms with Crippen molar-refractivity contribution in [1.82, 2.24) is 0 Å². The molecule has 0 radical (unpaired) electrons. The molecule has 1 fully saturated rings. The number of likely N-dealkylation sites (tertiary alicyclic amines) is 1. The Hall–Kier alpha value is -0.670. The van der Waals surface area contributed by atoms with E-state index < -0.39 is 0 Å². The molecule has 2 nitrogen and oxygen atoms in total. The van der Waals surface area contributed by atoms with E-state index in [2.05, 4.69) is 15.9 Å². The third kappa shape index (κ3) is 4.21. The summed E-state index contributed by atoms with van der Waals surface area (Å²) in [7, 11) is 0. The molecular weight excluding hydrogens is 290 g/mol. The van der Waals surface area contributed by atoms with Gasteiger partial charge in [-0.1, -0.05) is 28.1 Å². The summed E-state index contributed by atoms with van der Waals surface area (Å²) in [4.78, 5) is 13.7. The molecular formula is C15H21BrNO+. The van der Waals surface area contributed by atoms with Gasteiger partial charge in [0.25, 0.3) is 0 Å². The van der Waals surface area contributed by atoms with Crippen molar-refractivity contribution in [2.45, 2.75) is 32.1 Å². The van der Waals surface area contributed by atoms with Gasteiger partial charge in [0.1, 0.15) is 0 Å². The Balaban J connectivity index is 1.82. The zero-order valence-corrected chi connectivity index (χ0v) is 12.3. The summed E-state index contributed by atoms with van der Waals surface area (Å²) in [5.41, 5.74) is 0.840. The summed E-state index contributed by atoms with van der Waals surface area (Å²) >= 11 is 3.39. The third-order valence-electron chi connectivity index (χ3n) is 3.68. The summed E-state index contributed by atoms with van der Waals surface area (Å²) in [5.74, 6) is 0.277. The van der Waals surface area contributed by atoms with Crippen LogP contribution in [0, 0.1) is 0 Å². The van der Waals surface area contributed by atoms with Gasteiger partial charge in [0.2, 0.25) is 0 Å². The summed E-state index contributed by atoms with van der Waals surface area (Å²) in [6.45, 7) is 3.48. The van der Waals surface area contributed by atoms with Crippen LogP contribution in [-0.4, -0.2) is 25.4 Å². The monoisotopic (exact) mass is 310 g/mol. The van der Waals surface area contributed by atoms with Crippen molar-refractivity contribution in [1.29, 1.82) is 0 Å². The quantitative estimate of drug-likeness (QED) is 0.848. The number of Topliss-reactive ketones (excluding diaryl/α,β-unsaturated/α-hetero) is 1. The molecule has 18 heavy (non-hydrogen) atoms. The van der Waals surface area contributed by atoms with Gasteiger partial charge in [-0.3, -0.25) is 4.79 Å². The SMILES string of the molecule is O=C(CC[NH+]1CCCCCC1)c1ccc(Br)cc1. The molecule has 0 bridgehead atoms. The predicted molar refractivity (Wildman–Crippen MR) is 77.1 cm³/mol. The number of nitrogens with one attached hydrogen (secondary N) is 1. The first kappa shape index (κ1) is 13.8. The highest BCUT2D eigenvalue weighted by Gasteiger charge is 2.14. The zero-order chi connectivity index (χ0) is 12.8. The molecule has 2 rings (SSSR count). The zero-order valence-electron chi connectivity index (χ0n) is 10.8. The van der Waals surface area contributed by atoms with Crippen LogP contribution in [0.5, 0.6) is 0 Å². The molecule has 3 heteroatoms. The normalized spacial score (nSPS) is 17.4. The van der Waals surface area contributed by atoms with Gasteiger partial charge in [-0.2, -0.15) is 0 Å². The number of benzene rings is 1. The van der Waals surface area contributed by atoms with Gasteiger partial charge < -0.3 is 4.90 Å². The third-order valence-corrected chi connectivity index (χ3v) is 4.21. The number of rotatable bonds is 4. The molecule has 1 aliphatic heterocycles. The minimum Gasteiger partial charge on any atom is -0.335 e. The van der Waals surface area contributed by atoms with Crippen LogP contribution in [0.2, 0.25) is 0 Å². The lowest BCUT2D eigenvalue weighted by Gasteiger charge is -2.16. The van der Waals surface area contributed by atoms with Gasteiger partial charge in [-0.25, -0.2) is 0 Å². The van der Waals surface area contributed by atoms with E-state index in [4.69, 9.17) is 0 Å². The van der Waals surface area contributed by atoms with E-state index in [1.54, 1.807) is 4.90 Å². The van der Waals surface area contributed by atoms with Crippen molar-refractivity contribution in [2.24, 2.45) is 0 Å². The smallest absolute Gasteiger partial charge is 0.168 e. The van der Waals surface area contributed by atoms with E-state index in [1.165, 1.54) is 38.8 Å². The average molecular weight is 311 g/mol. The summed E-state index contributed by atoms with van der Waals surface area (Å²) < 4.78 is 1.03. The van der Waals surface area contributed by atoms with Crippen molar-refractivity contribution in [3.63, 3.8) is 0 Å². The minimum atomic E-state index is 0.277. The first-order chi connectivity index (χ1) is 8.75. The summed E-state index contributed by atoms with van der Waals surface area (Å²) in [5, 5.41) is 0. The molecule has 0 unspecified atom stereocenters. The Morgan fingerprint density at radius 1 is 1.06 bits per heavy atom. The number of hydrogen-bond acceptors (Lipinski definition) is 1. The lowest BCUT2D eigenvalue weighted by molar-refractivity contribution is -0.898. The second kappa shape index (κ2) is 7.05. The van der Waals surface area contributed by atoms with E-state index >= 15 is 0 Å². The fourth-order valence-corrected chi connectivity index (χ4v) is 2.81. The highest BCUT2D eigenvalue weighted by atomic mass is 79.9. The maximum atomic E-state index is 12.1. The second-order valence-corrected chi connectivity index (χ2v) is 6.01. The highest BCUT2D eigenvalue weighted by molar-refractivity contribution is 9.10. The maximum absolute atomic E-state index is 12.1. The van der Waals surface area contributed by atoms with Crippen LogP contribution in [0.15, 0.2) is 28.7 Å². The van der Waals surface area contributed by atoms with Gasteiger partial charge in [-0.15, -0.1) is 0 Å². The number of halogens is 1. The van der Waals surface area contributed by atoms with Crippen LogP contribution in [0.25, 0.3) is 0 Å². The Morgan fingerprint density at radius 3 is 2.28 bits per heavy atom. The van der Waals surface area contributed by atoms with Gasteiger partial charge in [0.05, 0.1) is 26.1 Å². The van der Waals surface area contributed by atoms with Crippen LogP contribution in [0.3, 0.4) is 0 Å². The number of carbonyl (C=O) groups is 1. The first-order valence-electron chi connectivity index (χ1n) is 6.88. The molecule has 0 amide bonds. The minimum absolute atomic E-state index is 0.277. The fraction of sp³-hybridized carbons (Fsp3) is 0.533.